The Hall–Kier alpha value is 0.457. The molecule has 1 N–H and O–H groups in total. The number of nitrogens with one attached hydrogen (secondary N) is 1. The van der Waals surface area contributed by atoms with Crippen molar-refractivity contribution >= 4 is 5.98 Å². The van der Waals surface area contributed by atoms with Crippen molar-refractivity contribution in [2.45, 2.75) is 90.5 Å². The summed E-state index contributed by atoms with van der Waals surface area (Å²) in [6.07, 6.45) is 6.42. The molecule has 0 spiro atoms. The second kappa shape index (κ2) is 6.24. The molecule has 1 nitrogen and oxygen atoms in total. The van der Waals surface area contributed by atoms with Crippen molar-refractivity contribution in [1.82, 2.24) is 3.30 Å². The van der Waals surface area contributed by atoms with Gasteiger partial charge in [0, 0.05) is 0 Å². The molecule has 4 fully saturated rings. The summed E-state index contributed by atoms with van der Waals surface area (Å²) in [5, 5.41) is 0. The fourth-order valence-electron chi connectivity index (χ4n) is 6.90. The van der Waals surface area contributed by atoms with E-state index in [4.69, 9.17) is 0 Å². The van der Waals surface area contributed by atoms with E-state index in [0.29, 0.717) is 17.8 Å². The number of hydrogen-bond acceptors (Lipinski definition) is 1. The second-order valence-corrected chi connectivity index (χ2v) is 35.4. The number of rotatable bonds is 4. The van der Waals surface area contributed by atoms with Crippen molar-refractivity contribution in [3.05, 3.63) is 20.0 Å². The second-order valence-electron chi connectivity index (χ2n) is 10.2. The topological polar surface area (TPSA) is 12.0 Å². The average molecular weight is 527 g/mol. The van der Waals surface area contributed by atoms with E-state index < -0.39 is 32.5 Å². The molecule has 3 unspecified atom stereocenters. The number of halogens is 1. The van der Waals surface area contributed by atoms with Crippen LogP contribution in [0.3, 0.4) is 0 Å². The van der Waals surface area contributed by atoms with E-state index in [-0.39, 0.29) is 5.54 Å². The summed E-state index contributed by atoms with van der Waals surface area (Å²) in [5.74, 6) is 1.25. The van der Waals surface area contributed by atoms with Crippen LogP contribution in [0.1, 0.15) is 66.2 Å². The van der Waals surface area contributed by atoms with Crippen molar-refractivity contribution in [3.63, 3.8) is 0 Å². The zero-order chi connectivity index (χ0) is 18.1. The van der Waals surface area contributed by atoms with E-state index in [2.05, 4.69) is 44.1 Å². The molecule has 0 radical (unpaired) electrons. The fraction of sp³-hybridized carbons (Fsp3) is 0.810. The van der Waals surface area contributed by atoms with Gasteiger partial charge in [-0.2, -0.15) is 0 Å². The Morgan fingerprint density at radius 2 is 1.64 bits per heavy atom. The van der Waals surface area contributed by atoms with Gasteiger partial charge < -0.3 is 0 Å². The van der Waals surface area contributed by atoms with Crippen LogP contribution in [0, 0.1) is 17.8 Å². The maximum absolute atomic E-state index is 15.4. The molecule has 0 aromatic heterocycles. The van der Waals surface area contributed by atoms with Gasteiger partial charge in [0.05, 0.1) is 0 Å². The molecule has 5 rings (SSSR count). The Morgan fingerprint density at radius 1 is 1.04 bits per heavy atom. The van der Waals surface area contributed by atoms with Gasteiger partial charge in [0.2, 0.25) is 0 Å². The first-order valence-corrected chi connectivity index (χ1v) is 23.1. The molecule has 4 heteroatoms. The van der Waals surface area contributed by atoms with Crippen molar-refractivity contribution < 1.29 is 25.3 Å². The Kier molecular flexibility index (Phi) is 4.69. The minimum absolute atomic E-state index is 0.176. The van der Waals surface area contributed by atoms with E-state index in [1.807, 2.05) is 3.33 Å². The van der Waals surface area contributed by atoms with Crippen LogP contribution in [-0.2, 0) is 20.9 Å². The Bertz CT molecular complexity index is 638. The third-order valence-corrected chi connectivity index (χ3v) is 33.1. The molecular formula is C21H35FHfNSi. The Morgan fingerprint density at radius 3 is 2.08 bits per heavy atom. The van der Waals surface area contributed by atoms with Crippen LogP contribution in [0.15, 0.2) is 20.0 Å². The van der Waals surface area contributed by atoms with Crippen LogP contribution in [0.5, 0.6) is 0 Å². The molecule has 5 aliphatic rings. The van der Waals surface area contributed by atoms with E-state index >= 15 is 4.39 Å². The first-order chi connectivity index (χ1) is 11.6. The molecule has 139 valence electrons. The van der Waals surface area contributed by atoms with Gasteiger partial charge in [-0.25, -0.2) is 0 Å². The summed E-state index contributed by atoms with van der Waals surface area (Å²) in [6, 6.07) is 0. The average Bonchev–Trinajstić information content (AvgIpc) is 2.66. The maximum atomic E-state index is 15.4. The van der Waals surface area contributed by atoms with Crippen LogP contribution >= 0.6 is 0 Å². The number of allylic oxidation sites excluding steroid dienone is 4. The van der Waals surface area contributed by atoms with E-state index in [0.717, 1.165) is 19.3 Å². The Labute approximate surface area is 162 Å². The van der Waals surface area contributed by atoms with Crippen LogP contribution in [0.4, 0.5) is 4.39 Å². The summed E-state index contributed by atoms with van der Waals surface area (Å²) in [5.41, 5.74) is 4.10. The first-order valence-electron chi connectivity index (χ1n) is 10.4. The number of alkyl halides is 1. The summed E-state index contributed by atoms with van der Waals surface area (Å²) < 4.78 is 21.6. The molecule has 0 heterocycles. The molecule has 0 aromatic carbocycles. The van der Waals surface area contributed by atoms with Gasteiger partial charge >= 0.3 is 163 Å². The summed E-state index contributed by atoms with van der Waals surface area (Å²) in [6.45, 7) is 14.6. The van der Waals surface area contributed by atoms with Crippen molar-refractivity contribution in [2.75, 3.05) is 0 Å². The molecule has 0 saturated heterocycles. The normalized spacial score (nSPS) is 43.0. The van der Waals surface area contributed by atoms with Crippen LogP contribution in [-0.4, -0.2) is 17.2 Å². The van der Waals surface area contributed by atoms with Gasteiger partial charge in [0.15, 0.2) is 0 Å². The molecule has 4 bridgehead atoms. The van der Waals surface area contributed by atoms with E-state index in [1.54, 1.807) is 16.7 Å². The van der Waals surface area contributed by atoms with Crippen molar-refractivity contribution in [3.8, 4) is 0 Å². The molecule has 5 aliphatic carbocycles. The quantitative estimate of drug-likeness (QED) is 0.483. The Balaban J connectivity index is 1.64. The summed E-state index contributed by atoms with van der Waals surface area (Å²) in [7, 11) is 0. The monoisotopic (exact) mass is 528 g/mol. The molecule has 0 amide bonds. The van der Waals surface area contributed by atoms with Gasteiger partial charge in [0.1, 0.15) is 0 Å². The predicted molar refractivity (Wildman–Crippen MR) is 104 cm³/mol. The first kappa shape index (κ1) is 18.8. The zero-order valence-corrected chi connectivity index (χ0v) is 21.7. The van der Waals surface area contributed by atoms with Crippen molar-refractivity contribution in [1.29, 1.82) is 0 Å². The molecule has 3 atom stereocenters. The van der Waals surface area contributed by atoms with Gasteiger partial charge in [-0.05, 0) is 0 Å². The van der Waals surface area contributed by atoms with Gasteiger partial charge in [-0.15, -0.1) is 0 Å². The third kappa shape index (κ3) is 3.06. The van der Waals surface area contributed by atoms with Gasteiger partial charge in [-0.1, -0.05) is 0 Å². The SMILES string of the molecule is CC1=C(C)C(C)[C]([Hf]([NH]C23CC4CC(CC(F)(C4)C2)C3)[SiH](C)C)=C1C. The zero-order valence-electron chi connectivity index (χ0n) is 16.9. The molecular weight excluding hydrogens is 492 g/mol. The fourth-order valence-corrected chi connectivity index (χ4v) is 32.1. The molecule has 4 saturated carbocycles. The minimum atomic E-state index is -2.09. The van der Waals surface area contributed by atoms with Crippen LogP contribution < -0.4 is 3.30 Å². The van der Waals surface area contributed by atoms with Crippen molar-refractivity contribution in [2.24, 2.45) is 17.8 Å². The predicted octanol–water partition coefficient (Wildman–Crippen LogP) is 5.41. The molecule has 0 aliphatic heterocycles. The van der Waals surface area contributed by atoms with Gasteiger partial charge in [0.25, 0.3) is 0 Å². The van der Waals surface area contributed by atoms with Crippen LogP contribution in [0.2, 0.25) is 13.1 Å². The third-order valence-electron chi connectivity index (χ3n) is 7.90. The van der Waals surface area contributed by atoms with Gasteiger partial charge in [-0.3, -0.25) is 0 Å². The standard InChI is InChI=1S/C10H15FN.C9H13.C2H7Si.Hf/c11-9-2-7-1-8(3-9)5-10(12,4-7)6-9;1-6-5-7(2)9(4)8(6)3;1-3-2;/h7-8,12H,1-6H2;6H,1-4H3;3H,1-2H3;/q-1;;;+1. The molecule has 25 heavy (non-hydrogen) atoms. The summed E-state index contributed by atoms with van der Waals surface area (Å²) in [4.78, 5) is 0. The van der Waals surface area contributed by atoms with E-state index in [1.165, 1.54) is 19.3 Å². The summed E-state index contributed by atoms with van der Waals surface area (Å²) >= 11 is -2.09. The molecule has 0 aromatic rings. The van der Waals surface area contributed by atoms with E-state index in [9.17, 15) is 0 Å². The van der Waals surface area contributed by atoms with Crippen LogP contribution in [0.25, 0.3) is 0 Å². The number of hydrogen-bond donors (Lipinski definition) is 1.